The summed E-state index contributed by atoms with van der Waals surface area (Å²) in [5, 5.41) is 6.81. The van der Waals surface area contributed by atoms with Crippen molar-refractivity contribution < 1.29 is 31.1 Å². The van der Waals surface area contributed by atoms with Crippen LogP contribution in [0.25, 0.3) is 0 Å². The molecule has 1 aliphatic rings. The number of anilines is 2. The van der Waals surface area contributed by atoms with Gasteiger partial charge in [-0.1, -0.05) is 0 Å². The predicted molar refractivity (Wildman–Crippen MR) is 138 cm³/mol. The fourth-order valence-corrected chi connectivity index (χ4v) is 4.95. The molecule has 0 aliphatic carbocycles. The summed E-state index contributed by atoms with van der Waals surface area (Å²) in [6.45, 7) is 2.19. The van der Waals surface area contributed by atoms with Crippen LogP contribution >= 0.6 is 0 Å². The second kappa shape index (κ2) is 11.0. The highest BCUT2D eigenvalue weighted by atomic mass is 28.1. The number of carbonyl (C=O) groups is 1. The topological polar surface area (TPSA) is 129 Å². The lowest BCUT2D eigenvalue weighted by Gasteiger charge is -2.34. The summed E-state index contributed by atoms with van der Waals surface area (Å²) >= 11 is 0. The van der Waals surface area contributed by atoms with Gasteiger partial charge < -0.3 is 19.7 Å². The van der Waals surface area contributed by atoms with E-state index in [-0.39, 0.29) is 54.5 Å². The summed E-state index contributed by atoms with van der Waals surface area (Å²) in [5.41, 5.74) is -5.17. The molecule has 1 atom stereocenters. The number of halogens is 6. The quantitative estimate of drug-likeness (QED) is 0.315. The molecule has 1 saturated heterocycles. The number of hydrogen-bond donors (Lipinski definition) is 2. The first-order valence-electron chi connectivity index (χ1n) is 12.1. The van der Waals surface area contributed by atoms with Crippen molar-refractivity contribution in [2.75, 3.05) is 36.4 Å². The summed E-state index contributed by atoms with van der Waals surface area (Å²) in [6.07, 6.45) is -5.90. The average Bonchev–Trinajstić information content (AvgIpc) is 2.88. The minimum atomic E-state index is -4.94. The number of aromatic nitrogens is 5. The van der Waals surface area contributed by atoms with Gasteiger partial charge in [-0.3, -0.25) is 14.4 Å². The first-order chi connectivity index (χ1) is 19.1. The number of carbonyl (C=O) groups excluding carboxylic acids is 1. The molecule has 220 valence electrons. The lowest BCUT2D eigenvalue weighted by Crippen LogP contribution is -2.50. The predicted octanol–water partition coefficient (Wildman–Crippen LogP) is 0.915. The van der Waals surface area contributed by atoms with Gasteiger partial charge in [0.15, 0.2) is 0 Å². The zero-order valence-corrected chi connectivity index (χ0v) is 23.7. The molecule has 2 N–H and O–H groups in total. The molecule has 1 amide bonds. The van der Waals surface area contributed by atoms with Gasteiger partial charge >= 0.3 is 12.4 Å². The summed E-state index contributed by atoms with van der Waals surface area (Å²) < 4.78 is 79.8. The first kappa shape index (κ1) is 29.8. The monoisotopic (exact) mass is 602 g/mol. The van der Waals surface area contributed by atoms with E-state index >= 15 is 0 Å². The maximum Gasteiger partial charge on any atom is 0.423 e. The second-order valence-electron chi connectivity index (χ2n) is 9.90. The van der Waals surface area contributed by atoms with E-state index in [0.717, 1.165) is 6.20 Å². The van der Waals surface area contributed by atoms with Gasteiger partial charge in [0, 0.05) is 66.7 Å². The molecule has 4 heterocycles. The maximum absolute atomic E-state index is 13.4. The van der Waals surface area contributed by atoms with Gasteiger partial charge in [0.25, 0.3) is 17.0 Å². The van der Waals surface area contributed by atoms with Crippen molar-refractivity contribution in [2.24, 2.45) is 0 Å². The fraction of sp³-hybridized carbons (Fsp3) is 0.391. The lowest BCUT2D eigenvalue weighted by molar-refractivity contribution is -0.139. The third kappa shape index (κ3) is 6.75. The Morgan fingerprint density at radius 2 is 1.66 bits per heavy atom. The molecular weight excluding hydrogens is 578 g/mol. The molecule has 11 nitrogen and oxygen atoms in total. The third-order valence-electron chi connectivity index (χ3n) is 6.24. The Morgan fingerprint density at radius 3 is 2.24 bits per heavy atom. The molecular formula is C23H24F6N8O3Si. The van der Waals surface area contributed by atoms with Crippen LogP contribution in [0.4, 0.5) is 38.0 Å². The highest BCUT2D eigenvalue weighted by Crippen LogP contribution is 2.32. The number of aromatic amines is 1. The number of H-pyrrole nitrogens is 1. The summed E-state index contributed by atoms with van der Waals surface area (Å²) in [5.74, 6) is -0.492. The number of amides is 1. The summed E-state index contributed by atoms with van der Waals surface area (Å²) in [7, 11) is 0.229. The van der Waals surface area contributed by atoms with Gasteiger partial charge in [0.2, 0.25) is 5.95 Å². The van der Waals surface area contributed by atoms with Crippen molar-refractivity contribution in [2.45, 2.75) is 31.0 Å². The van der Waals surface area contributed by atoms with E-state index in [9.17, 15) is 40.7 Å². The number of hydrogen-bond acceptors (Lipinski definition) is 8. The molecule has 3 aromatic rings. The van der Waals surface area contributed by atoms with E-state index in [4.69, 9.17) is 0 Å². The number of nitrogens with zero attached hydrogens (tertiary/aromatic N) is 6. The standard InChI is InChI=1S/C23H24F6N8O3Si/c1-21(41,33-15-11-32-34-17(38)16(15)23(27,28)29)12-37-4-2-3-14(19(37)40)18(39)35-5-7-36(8-6-35)20-30-9-13(10-31-20)22(24,25)26/h2-4,9-11H,5-8,12H2,1,41H3,(H2,33,34,38). The Kier molecular flexibility index (Phi) is 7.97. The third-order valence-corrected chi connectivity index (χ3v) is 6.81. The molecule has 1 unspecified atom stereocenters. The van der Waals surface area contributed by atoms with Gasteiger partial charge in [0.05, 0.1) is 17.4 Å². The molecule has 41 heavy (non-hydrogen) atoms. The Balaban J connectivity index is 1.45. The Labute approximate surface area is 230 Å². The van der Waals surface area contributed by atoms with Crippen LogP contribution in [0.15, 0.2) is 46.5 Å². The zero-order valence-electron chi connectivity index (χ0n) is 21.7. The van der Waals surface area contributed by atoms with E-state index < -0.39 is 51.4 Å². The number of rotatable bonds is 6. The van der Waals surface area contributed by atoms with Crippen LogP contribution in [-0.4, -0.2) is 77.1 Å². The Hall–Kier alpha value is -4.22. The molecule has 0 bridgehead atoms. The van der Waals surface area contributed by atoms with E-state index in [1.807, 2.05) is 0 Å². The largest absolute Gasteiger partial charge is 0.423 e. The number of piperazine rings is 1. The molecule has 0 saturated carbocycles. The normalized spacial score (nSPS) is 16.0. The van der Waals surface area contributed by atoms with E-state index in [1.165, 1.54) is 27.8 Å². The average molecular weight is 603 g/mol. The molecule has 1 aliphatic heterocycles. The summed E-state index contributed by atoms with van der Waals surface area (Å²) in [4.78, 5) is 48.7. The van der Waals surface area contributed by atoms with Crippen molar-refractivity contribution in [3.05, 3.63) is 74.3 Å². The second-order valence-corrected chi connectivity index (χ2v) is 12.1. The molecule has 0 spiro atoms. The van der Waals surface area contributed by atoms with Gasteiger partial charge in [-0.25, -0.2) is 15.1 Å². The smallest absolute Gasteiger partial charge is 0.380 e. The zero-order chi connectivity index (χ0) is 30.2. The molecule has 3 aromatic heterocycles. The van der Waals surface area contributed by atoms with Crippen LogP contribution < -0.4 is 21.3 Å². The van der Waals surface area contributed by atoms with Crippen LogP contribution in [0.2, 0.25) is 0 Å². The van der Waals surface area contributed by atoms with Crippen LogP contribution in [0.5, 0.6) is 0 Å². The van der Waals surface area contributed by atoms with Gasteiger partial charge in [-0.15, -0.1) is 0 Å². The van der Waals surface area contributed by atoms with Crippen molar-refractivity contribution in [3.63, 3.8) is 0 Å². The van der Waals surface area contributed by atoms with Gasteiger partial charge in [-0.2, -0.15) is 31.4 Å². The molecule has 18 heteroatoms. The van der Waals surface area contributed by atoms with Gasteiger partial charge in [-0.05, 0) is 19.1 Å². The maximum atomic E-state index is 13.4. The number of pyridine rings is 1. The van der Waals surface area contributed by atoms with E-state index in [0.29, 0.717) is 12.4 Å². The van der Waals surface area contributed by atoms with Crippen molar-refractivity contribution in [3.8, 4) is 0 Å². The van der Waals surface area contributed by atoms with Crippen LogP contribution in [-0.2, 0) is 18.9 Å². The van der Waals surface area contributed by atoms with Crippen molar-refractivity contribution >= 4 is 27.8 Å². The Bertz CT molecular complexity index is 1530. The van der Waals surface area contributed by atoms with Crippen LogP contribution in [0.3, 0.4) is 0 Å². The molecule has 1 fully saturated rings. The highest BCUT2D eigenvalue weighted by molar-refractivity contribution is 6.16. The summed E-state index contributed by atoms with van der Waals surface area (Å²) in [6, 6.07) is 2.81. The molecule has 0 aromatic carbocycles. The van der Waals surface area contributed by atoms with E-state index in [1.54, 1.807) is 16.9 Å². The number of alkyl halides is 6. The van der Waals surface area contributed by atoms with Crippen molar-refractivity contribution in [1.82, 2.24) is 29.6 Å². The van der Waals surface area contributed by atoms with Crippen molar-refractivity contribution in [1.29, 1.82) is 0 Å². The first-order valence-corrected chi connectivity index (χ1v) is 13.1. The minimum absolute atomic E-state index is 0.0790. The highest BCUT2D eigenvalue weighted by Gasteiger charge is 2.38. The van der Waals surface area contributed by atoms with Crippen LogP contribution in [0, 0.1) is 0 Å². The lowest BCUT2D eigenvalue weighted by atomic mass is 10.2. The SMILES string of the molecule is CC([SiH3])(Cn1cccc(C(=O)N2CCN(c3ncc(C(F)(F)F)cn3)CC2)c1=O)Nc1cn[nH]c(=O)c1C(F)(F)F. The fourth-order valence-electron chi connectivity index (χ4n) is 4.34. The van der Waals surface area contributed by atoms with Gasteiger partial charge in [0.1, 0.15) is 11.1 Å². The number of nitrogens with one attached hydrogen (secondary N) is 2. The Morgan fingerprint density at radius 1 is 1.02 bits per heavy atom. The molecule has 4 rings (SSSR count). The minimum Gasteiger partial charge on any atom is -0.380 e. The van der Waals surface area contributed by atoms with Crippen LogP contribution in [0.1, 0.15) is 28.4 Å². The molecule has 0 radical (unpaired) electrons. The van der Waals surface area contributed by atoms with E-state index in [2.05, 4.69) is 20.4 Å².